The fraction of sp³-hybridized carbons (Fsp3) is 0. The molecule has 178 valence electrons. The molecule has 0 saturated carbocycles. The van der Waals surface area contributed by atoms with Gasteiger partial charge in [-0.3, -0.25) is 14.9 Å². The van der Waals surface area contributed by atoms with E-state index in [2.05, 4.69) is 30.8 Å². The molecule has 0 aliphatic heterocycles. The van der Waals surface area contributed by atoms with Crippen molar-refractivity contribution in [2.24, 2.45) is 0 Å². The van der Waals surface area contributed by atoms with E-state index < -0.39 is 40.5 Å². The molecular formula is C25H15F3N6O2. The number of halogens is 3. The molecule has 0 saturated heterocycles. The highest BCUT2D eigenvalue weighted by Crippen LogP contribution is 2.26. The number of carbonyl (C=O) groups is 2. The van der Waals surface area contributed by atoms with E-state index in [0.717, 1.165) is 24.3 Å². The molecule has 36 heavy (non-hydrogen) atoms. The van der Waals surface area contributed by atoms with Crippen molar-refractivity contribution in [1.29, 1.82) is 0 Å². The predicted molar refractivity (Wildman–Crippen MR) is 126 cm³/mol. The number of H-pyrrole nitrogens is 1. The number of carbonyl (C=O) groups excluding carboxylic acids is 2. The van der Waals surface area contributed by atoms with E-state index in [1.54, 1.807) is 18.6 Å². The molecule has 0 radical (unpaired) electrons. The number of amides is 2. The van der Waals surface area contributed by atoms with Crippen molar-refractivity contribution in [2.45, 2.75) is 0 Å². The second kappa shape index (κ2) is 9.29. The lowest BCUT2D eigenvalue weighted by atomic mass is 10.0. The van der Waals surface area contributed by atoms with Crippen LogP contribution in [0.1, 0.15) is 15.9 Å². The number of rotatable bonds is 5. The van der Waals surface area contributed by atoms with Crippen LogP contribution in [-0.4, -0.2) is 32.0 Å². The quantitative estimate of drug-likeness (QED) is 0.290. The summed E-state index contributed by atoms with van der Waals surface area (Å²) in [5.41, 5.74) is 0.968. The number of benzene rings is 3. The summed E-state index contributed by atoms with van der Waals surface area (Å²) in [6, 6.07) is 10.2. The van der Waals surface area contributed by atoms with Crippen LogP contribution in [-0.2, 0) is 0 Å². The van der Waals surface area contributed by atoms with Crippen LogP contribution in [0, 0.1) is 17.5 Å². The smallest absolute Gasteiger partial charge is 0.308 e. The van der Waals surface area contributed by atoms with Crippen LogP contribution < -0.4 is 10.6 Å². The van der Waals surface area contributed by atoms with Gasteiger partial charge in [0.25, 0.3) is 0 Å². The van der Waals surface area contributed by atoms with Gasteiger partial charge >= 0.3 is 6.03 Å². The van der Waals surface area contributed by atoms with Gasteiger partial charge < -0.3 is 10.6 Å². The van der Waals surface area contributed by atoms with Gasteiger partial charge in [0.15, 0.2) is 11.6 Å². The number of hydrogen-bond acceptors (Lipinski definition) is 5. The van der Waals surface area contributed by atoms with E-state index in [1.165, 1.54) is 30.3 Å². The average molecular weight is 488 g/mol. The summed E-state index contributed by atoms with van der Waals surface area (Å²) in [7, 11) is 0. The van der Waals surface area contributed by atoms with Gasteiger partial charge in [0.2, 0.25) is 0 Å². The Morgan fingerprint density at radius 2 is 1.67 bits per heavy atom. The molecule has 5 aromatic rings. The first kappa shape index (κ1) is 22.7. The number of fused-ring (bicyclic) bond motifs is 1. The van der Waals surface area contributed by atoms with Crippen molar-refractivity contribution in [1.82, 2.24) is 20.2 Å². The Morgan fingerprint density at radius 3 is 2.42 bits per heavy atom. The van der Waals surface area contributed by atoms with E-state index >= 15 is 4.39 Å². The van der Waals surface area contributed by atoms with E-state index in [0.29, 0.717) is 22.3 Å². The van der Waals surface area contributed by atoms with Crippen LogP contribution in [0.4, 0.5) is 29.3 Å². The lowest BCUT2D eigenvalue weighted by molar-refractivity contribution is 0.103. The Labute approximate surface area is 201 Å². The van der Waals surface area contributed by atoms with Crippen molar-refractivity contribution < 1.29 is 22.8 Å². The minimum Gasteiger partial charge on any atom is -0.308 e. The molecule has 2 amide bonds. The van der Waals surface area contributed by atoms with Crippen LogP contribution in [0.2, 0.25) is 0 Å². The van der Waals surface area contributed by atoms with Crippen molar-refractivity contribution in [3.63, 3.8) is 0 Å². The topological polar surface area (TPSA) is 113 Å². The maximum Gasteiger partial charge on any atom is 0.323 e. The van der Waals surface area contributed by atoms with Gasteiger partial charge in [0.05, 0.1) is 40.4 Å². The maximum atomic E-state index is 15.2. The van der Waals surface area contributed by atoms with Gasteiger partial charge in [0, 0.05) is 23.0 Å². The molecule has 3 aromatic carbocycles. The summed E-state index contributed by atoms with van der Waals surface area (Å²) < 4.78 is 42.8. The second-order valence-corrected chi connectivity index (χ2v) is 7.64. The summed E-state index contributed by atoms with van der Waals surface area (Å²) >= 11 is 0. The zero-order valence-corrected chi connectivity index (χ0v) is 18.2. The average Bonchev–Trinajstić information content (AvgIpc) is 3.42. The molecule has 11 heteroatoms. The molecular weight excluding hydrogens is 473 g/mol. The fourth-order valence-corrected chi connectivity index (χ4v) is 3.50. The Bertz CT molecular complexity index is 1610. The predicted octanol–water partition coefficient (Wildman–Crippen LogP) is 5.31. The van der Waals surface area contributed by atoms with E-state index in [-0.39, 0.29) is 11.3 Å². The standard InChI is InChI=1S/C25H15F3N6O2/c26-15-2-4-16(5-3-15)32-25(36)34-19-8-6-17(27)22(23(19)28)24(35)13-1-7-18-20(9-13)33-21(12-29-18)14-10-30-31-11-14/h1-12H,(H,30,31)(H2,32,34,36). The molecule has 0 aliphatic rings. The minimum absolute atomic E-state index is 0.0214. The zero-order chi connectivity index (χ0) is 25.2. The molecule has 0 aliphatic carbocycles. The lowest BCUT2D eigenvalue weighted by Gasteiger charge is -2.12. The van der Waals surface area contributed by atoms with Crippen LogP contribution in [0.5, 0.6) is 0 Å². The van der Waals surface area contributed by atoms with Gasteiger partial charge in [-0.25, -0.2) is 22.9 Å². The minimum atomic E-state index is -1.24. The highest BCUT2D eigenvalue weighted by molar-refractivity contribution is 6.11. The first-order valence-electron chi connectivity index (χ1n) is 10.5. The number of urea groups is 1. The van der Waals surface area contributed by atoms with Gasteiger partial charge in [-0.2, -0.15) is 5.10 Å². The molecule has 2 heterocycles. The normalized spacial score (nSPS) is 10.9. The number of anilines is 2. The number of aromatic amines is 1. The highest BCUT2D eigenvalue weighted by atomic mass is 19.1. The number of nitrogens with zero attached hydrogens (tertiary/aromatic N) is 3. The molecule has 5 rings (SSSR count). The first-order valence-corrected chi connectivity index (χ1v) is 10.5. The third-order valence-corrected chi connectivity index (χ3v) is 5.27. The molecule has 0 fully saturated rings. The van der Waals surface area contributed by atoms with Gasteiger partial charge in [-0.1, -0.05) is 0 Å². The third-order valence-electron chi connectivity index (χ3n) is 5.27. The molecule has 0 atom stereocenters. The monoisotopic (exact) mass is 488 g/mol. The summed E-state index contributed by atoms with van der Waals surface area (Å²) in [6.07, 6.45) is 4.72. The Hall–Kier alpha value is -5.06. The van der Waals surface area contributed by atoms with Gasteiger partial charge in [-0.05, 0) is 54.6 Å². The molecule has 3 N–H and O–H groups in total. The molecule has 0 unspecified atom stereocenters. The van der Waals surface area contributed by atoms with Crippen LogP contribution >= 0.6 is 0 Å². The number of ketones is 1. The Kier molecular flexibility index (Phi) is 5.87. The molecule has 0 bridgehead atoms. The molecule has 2 aromatic heterocycles. The third kappa shape index (κ3) is 4.49. The number of aromatic nitrogens is 4. The SMILES string of the molecule is O=C(Nc1ccc(F)cc1)Nc1ccc(F)c(C(=O)c2ccc3ncc(-c4cn[nH]c4)nc3c2)c1F. The van der Waals surface area contributed by atoms with E-state index in [4.69, 9.17) is 0 Å². The Balaban J connectivity index is 1.43. The van der Waals surface area contributed by atoms with Crippen molar-refractivity contribution in [2.75, 3.05) is 10.6 Å². The summed E-state index contributed by atoms with van der Waals surface area (Å²) in [6.45, 7) is 0. The zero-order valence-electron chi connectivity index (χ0n) is 18.2. The lowest BCUT2D eigenvalue weighted by Crippen LogP contribution is -2.21. The maximum absolute atomic E-state index is 15.2. The van der Waals surface area contributed by atoms with Crippen LogP contribution in [0.3, 0.4) is 0 Å². The van der Waals surface area contributed by atoms with Gasteiger partial charge in [0.1, 0.15) is 11.6 Å². The summed E-state index contributed by atoms with van der Waals surface area (Å²) in [5.74, 6) is -3.77. The van der Waals surface area contributed by atoms with Crippen LogP contribution in [0.15, 0.2) is 73.2 Å². The van der Waals surface area contributed by atoms with Crippen molar-refractivity contribution in [3.05, 3.63) is 102 Å². The number of hydrogen-bond donors (Lipinski definition) is 3. The Morgan fingerprint density at radius 1 is 0.861 bits per heavy atom. The van der Waals surface area contributed by atoms with E-state index in [9.17, 15) is 18.4 Å². The second-order valence-electron chi connectivity index (χ2n) is 7.64. The van der Waals surface area contributed by atoms with E-state index in [1.807, 2.05) is 0 Å². The fourth-order valence-electron chi connectivity index (χ4n) is 3.50. The molecule has 8 nitrogen and oxygen atoms in total. The summed E-state index contributed by atoms with van der Waals surface area (Å²) in [5, 5.41) is 11.2. The molecule has 0 spiro atoms. The van der Waals surface area contributed by atoms with Crippen molar-refractivity contribution in [3.8, 4) is 11.3 Å². The highest BCUT2D eigenvalue weighted by Gasteiger charge is 2.23. The largest absolute Gasteiger partial charge is 0.323 e. The van der Waals surface area contributed by atoms with Crippen molar-refractivity contribution >= 4 is 34.2 Å². The van der Waals surface area contributed by atoms with Crippen LogP contribution in [0.25, 0.3) is 22.3 Å². The van der Waals surface area contributed by atoms with Gasteiger partial charge in [-0.15, -0.1) is 0 Å². The summed E-state index contributed by atoms with van der Waals surface area (Å²) in [4.78, 5) is 34.1. The number of nitrogens with one attached hydrogen (secondary N) is 3. The first-order chi connectivity index (χ1) is 17.4.